The number of esters is 1. The zero-order valence-electron chi connectivity index (χ0n) is 24.4. The van der Waals surface area contributed by atoms with Gasteiger partial charge in [-0.1, -0.05) is 121 Å². The molecule has 0 heterocycles. The number of alkyl carbamates (subject to hydrolysis) is 1. The fourth-order valence-electron chi connectivity index (χ4n) is 5.45. The standard InChI is InChI=1S/C38H33NO5/c1-26-15-17-27(18-16-26)23-42-30-21-19-28(20-22-30)24-43-37(40)36(29-9-3-2-4-10-29)39-38(41)44-25-35-33-13-7-5-11-31(33)32-12-6-8-14-34(32)35/h2-22,35-36H,23-25H2,1H3,(H,39,41)/t36-/m0/s1. The number of nitrogens with one attached hydrogen (secondary N) is 1. The summed E-state index contributed by atoms with van der Waals surface area (Å²) in [6.45, 7) is 2.71. The van der Waals surface area contributed by atoms with Gasteiger partial charge in [-0.25, -0.2) is 9.59 Å². The molecule has 0 unspecified atom stereocenters. The highest BCUT2D eigenvalue weighted by molar-refractivity contribution is 5.83. The summed E-state index contributed by atoms with van der Waals surface area (Å²) in [5.74, 6) is 0.0586. The molecule has 0 fully saturated rings. The third kappa shape index (κ3) is 6.65. The van der Waals surface area contributed by atoms with Gasteiger partial charge in [0.1, 0.15) is 25.6 Å². The number of fused-ring (bicyclic) bond motifs is 3. The van der Waals surface area contributed by atoms with Crippen LogP contribution in [0.1, 0.15) is 45.3 Å². The normalized spacial score (nSPS) is 12.5. The maximum Gasteiger partial charge on any atom is 0.408 e. The highest BCUT2D eigenvalue weighted by Gasteiger charge is 2.30. The lowest BCUT2D eigenvalue weighted by Gasteiger charge is -2.19. The van der Waals surface area contributed by atoms with Crippen LogP contribution in [-0.4, -0.2) is 18.7 Å². The van der Waals surface area contributed by atoms with Crippen LogP contribution in [-0.2, 0) is 27.5 Å². The van der Waals surface area contributed by atoms with Gasteiger partial charge in [-0.15, -0.1) is 0 Å². The Balaban J connectivity index is 1.06. The monoisotopic (exact) mass is 583 g/mol. The summed E-state index contributed by atoms with van der Waals surface area (Å²) in [6, 6.07) is 39.9. The lowest BCUT2D eigenvalue weighted by molar-refractivity contribution is -0.147. The Morgan fingerprint density at radius 3 is 1.89 bits per heavy atom. The first-order valence-electron chi connectivity index (χ1n) is 14.7. The molecule has 5 aromatic rings. The average molecular weight is 584 g/mol. The van der Waals surface area contributed by atoms with E-state index in [1.165, 1.54) is 5.56 Å². The molecule has 0 spiro atoms. The van der Waals surface area contributed by atoms with Crippen molar-refractivity contribution in [1.82, 2.24) is 5.32 Å². The summed E-state index contributed by atoms with van der Waals surface area (Å²) in [5.41, 5.74) is 8.22. The molecule has 6 rings (SSSR count). The molecule has 0 aliphatic heterocycles. The van der Waals surface area contributed by atoms with Gasteiger partial charge < -0.3 is 19.5 Å². The van der Waals surface area contributed by atoms with Crippen molar-refractivity contribution in [3.8, 4) is 16.9 Å². The number of carbonyl (C=O) groups excluding carboxylic acids is 2. The minimum absolute atomic E-state index is 0.0484. The van der Waals surface area contributed by atoms with E-state index in [1.54, 1.807) is 12.1 Å². The first kappa shape index (κ1) is 28.7. The second kappa shape index (κ2) is 13.3. The fourth-order valence-corrected chi connectivity index (χ4v) is 5.45. The molecule has 0 bridgehead atoms. The van der Waals surface area contributed by atoms with Crippen LogP contribution in [0.25, 0.3) is 11.1 Å². The molecule has 0 radical (unpaired) electrons. The molecule has 44 heavy (non-hydrogen) atoms. The van der Waals surface area contributed by atoms with Gasteiger partial charge in [0.2, 0.25) is 0 Å². The van der Waals surface area contributed by atoms with Gasteiger partial charge >= 0.3 is 12.1 Å². The fraction of sp³-hybridized carbons (Fsp3) is 0.158. The molecule has 5 aromatic carbocycles. The molecule has 1 atom stereocenters. The first-order valence-corrected chi connectivity index (χ1v) is 14.7. The highest BCUT2D eigenvalue weighted by atomic mass is 16.6. The van der Waals surface area contributed by atoms with E-state index < -0.39 is 18.1 Å². The molecule has 0 saturated heterocycles. The molecular weight excluding hydrogens is 550 g/mol. The predicted molar refractivity (Wildman–Crippen MR) is 169 cm³/mol. The zero-order chi connectivity index (χ0) is 30.3. The van der Waals surface area contributed by atoms with Crippen molar-refractivity contribution >= 4 is 12.1 Å². The van der Waals surface area contributed by atoms with E-state index >= 15 is 0 Å². The van der Waals surface area contributed by atoms with Gasteiger partial charge in [-0.3, -0.25) is 0 Å². The van der Waals surface area contributed by atoms with E-state index in [9.17, 15) is 9.59 Å². The van der Waals surface area contributed by atoms with Crippen molar-refractivity contribution in [2.24, 2.45) is 0 Å². The van der Waals surface area contributed by atoms with Crippen LogP contribution in [0, 0.1) is 6.92 Å². The zero-order valence-corrected chi connectivity index (χ0v) is 24.4. The van der Waals surface area contributed by atoms with E-state index in [0.29, 0.717) is 12.2 Å². The number of rotatable bonds is 10. The van der Waals surface area contributed by atoms with E-state index in [2.05, 4.69) is 48.6 Å². The molecule has 0 aromatic heterocycles. The molecule has 6 heteroatoms. The number of hydrogen-bond acceptors (Lipinski definition) is 5. The third-order valence-electron chi connectivity index (χ3n) is 7.81. The Morgan fingerprint density at radius 2 is 1.23 bits per heavy atom. The number of benzene rings is 5. The summed E-state index contributed by atoms with van der Waals surface area (Å²) in [7, 11) is 0. The van der Waals surface area contributed by atoms with Crippen molar-refractivity contribution in [3.63, 3.8) is 0 Å². The van der Waals surface area contributed by atoms with Crippen molar-refractivity contribution in [2.45, 2.75) is 32.1 Å². The van der Waals surface area contributed by atoms with Crippen LogP contribution in [0.3, 0.4) is 0 Å². The minimum atomic E-state index is -1.02. The van der Waals surface area contributed by atoms with Gasteiger partial charge in [0.25, 0.3) is 0 Å². The van der Waals surface area contributed by atoms with Gasteiger partial charge in [-0.05, 0) is 58.0 Å². The van der Waals surface area contributed by atoms with Crippen LogP contribution in [0.2, 0.25) is 0 Å². The second-order valence-corrected chi connectivity index (χ2v) is 10.8. The summed E-state index contributed by atoms with van der Waals surface area (Å²) >= 11 is 0. The number of hydrogen-bond donors (Lipinski definition) is 1. The number of aryl methyl sites for hydroxylation is 1. The molecule has 6 nitrogen and oxygen atoms in total. The quantitative estimate of drug-likeness (QED) is 0.169. The summed E-state index contributed by atoms with van der Waals surface area (Å²) in [4.78, 5) is 26.3. The SMILES string of the molecule is Cc1ccc(COc2ccc(COC(=O)[C@@H](NC(=O)OCC3c4ccccc4-c4ccccc43)c3ccccc3)cc2)cc1. The molecule has 1 aliphatic rings. The van der Waals surface area contributed by atoms with Crippen LogP contribution >= 0.6 is 0 Å². The van der Waals surface area contributed by atoms with E-state index in [0.717, 1.165) is 39.1 Å². The lowest BCUT2D eigenvalue weighted by Crippen LogP contribution is -2.35. The third-order valence-corrected chi connectivity index (χ3v) is 7.81. The number of carbonyl (C=O) groups is 2. The highest BCUT2D eigenvalue weighted by Crippen LogP contribution is 2.44. The van der Waals surface area contributed by atoms with Crippen LogP contribution in [0.5, 0.6) is 5.75 Å². The first-order chi connectivity index (χ1) is 21.5. The van der Waals surface area contributed by atoms with E-state index in [1.807, 2.05) is 78.9 Å². The van der Waals surface area contributed by atoms with Gasteiger partial charge in [-0.2, -0.15) is 0 Å². The number of amides is 1. The molecule has 1 amide bonds. The molecule has 1 aliphatic carbocycles. The number of ether oxygens (including phenoxy) is 3. The Hall–Kier alpha value is -5.36. The molecule has 1 N–H and O–H groups in total. The van der Waals surface area contributed by atoms with Gasteiger partial charge in [0, 0.05) is 5.92 Å². The van der Waals surface area contributed by atoms with Gasteiger partial charge in [0.05, 0.1) is 0 Å². The van der Waals surface area contributed by atoms with E-state index in [-0.39, 0.29) is 19.1 Å². The molecular formula is C38H33NO5. The topological polar surface area (TPSA) is 73.9 Å². The largest absolute Gasteiger partial charge is 0.489 e. The van der Waals surface area contributed by atoms with E-state index in [4.69, 9.17) is 14.2 Å². The maximum atomic E-state index is 13.3. The average Bonchev–Trinajstić information content (AvgIpc) is 3.39. The summed E-state index contributed by atoms with van der Waals surface area (Å²) < 4.78 is 17.2. The summed E-state index contributed by atoms with van der Waals surface area (Å²) in [6.07, 6.45) is -0.687. The van der Waals surface area contributed by atoms with Crippen LogP contribution < -0.4 is 10.1 Å². The smallest absolute Gasteiger partial charge is 0.408 e. The maximum absolute atomic E-state index is 13.3. The predicted octanol–water partition coefficient (Wildman–Crippen LogP) is 7.90. The molecule has 220 valence electrons. The van der Waals surface area contributed by atoms with Crippen molar-refractivity contribution in [3.05, 3.63) is 161 Å². The Labute approximate surface area is 257 Å². The minimum Gasteiger partial charge on any atom is -0.489 e. The second-order valence-electron chi connectivity index (χ2n) is 10.8. The van der Waals surface area contributed by atoms with Crippen molar-refractivity contribution in [2.75, 3.05) is 6.61 Å². The Morgan fingerprint density at radius 1 is 0.659 bits per heavy atom. The van der Waals surface area contributed by atoms with Crippen molar-refractivity contribution < 1.29 is 23.8 Å². The van der Waals surface area contributed by atoms with Gasteiger partial charge in [0.15, 0.2) is 6.04 Å². The summed E-state index contributed by atoms with van der Waals surface area (Å²) in [5, 5.41) is 2.73. The Bertz CT molecular complexity index is 1690. The Kier molecular flexibility index (Phi) is 8.69. The lowest BCUT2D eigenvalue weighted by atomic mass is 9.98. The van der Waals surface area contributed by atoms with Crippen LogP contribution in [0.4, 0.5) is 4.79 Å². The molecule has 0 saturated carbocycles. The van der Waals surface area contributed by atoms with Crippen molar-refractivity contribution in [1.29, 1.82) is 0 Å². The van der Waals surface area contributed by atoms with Crippen LogP contribution in [0.15, 0.2) is 127 Å².